The molecule has 0 saturated carbocycles. The van der Waals surface area contributed by atoms with Crippen molar-refractivity contribution in [1.82, 2.24) is 14.8 Å². The lowest BCUT2D eigenvalue weighted by Crippen LogP contribution is -2.08. The highest BCUT2D eigenvalue weighted by Crippen LogP contribution is 2.36. The summed E-state index contributed by atoms with van der Waals surface area (Å²) in [5.41, 5.74) is 0.316. The number of alkyl halides is 3. The fourth-order valence-corrected chi connectivity index (χ4v) is 3.73. The molecule has 1 heterocycles. The Kier molecular flexibility index (Phi) is 6.08. The fourth-order valence-electron chi connectivity index (χ4n) is 2.78. The normalized spacial score (nSPS) is 11.4. The van der Waals surface area contributed by atoms with Crippen molar-refractivity contribution in [2.45, 2.75) is 23.6 Å². The van der Waals surface area contributed by atoms with Gasteiger partial charge in [0.15, 0.2) is 11.0 Å². The van der Waals surface area contributed by atoms with E-state index in [1.54, 1.807) is 19.3 Å². The molecule has 0 atom stereocenters. The molecule has 0 spiro atoms. The lowest BCUT2D eigenvalue weighted by molar-refractivity contribution is -0.138. The van der Waals surface area contributed by atoms with Crippen LogP contribution in [0.1, 0.15) is 11.1 Å². The van der Waals surface area contributed by atoms with Crippen molar-refractivity contribution in [3.8, 4) is 17.1 Å². The van der Waals surface area contributed by atoms with Gasteiger partial charge in [0.2, 0.25) is 0 Å². The number of para-hydroxylation sites is 1. The zero-order valence-corrected chi connectivity index (χ0v) is 15.9. The number of benzene rings is 2. The third kappa shape index (κ3) is 4.22. The molecule has 0 radical (unpaired) electrons. The van der Waals surface area contributed by atoms with Gasteiger partial charge in [0, 0.05) is 12.3 Å². The topological polar surface area (TPSA) is 39.9 Å². The maximum absolute atomic E-state index is 13.2. The van der Waals surface area contributed by atoms with E-state index in [9.17, 15) is 13.2 Å². The van der Waals surface area contributed by atoms with Crippen LogP contribution in [0.3, 0.4) is 0 Å². The number of thioether (sulfide) groups is 1. The van der Waals surface area contributed by atoms with E-state index in [0.717, 1.165) is 11.6 Å². The van der Waals surface area contributed by atoms with E-state index < -0.39 is 11.7 Å². The number of aromatic nitrogens is 3. The maximum Gasteiger partial charge on any atom is 0.416 e. The van der Waals surface area contributed by atoms with Gasteiger partial charge in [-0.25, -0.2) is 0 Å². The Labute approximate surface area is 165 Å². The molecule has 0 fully saturated rings. The summed E-state index contributed by atoms with van der Waals surface area (Å²) >= 11 is 1.20. The van der Waals surface area contributed by atoms with Crippen molar-refractivity contribution in [2.24, 2.45) is 0 Å². The predicted molar refractivity (Wildman–Crippen MR) is 103 cm³/mol. The molecule has 28 heavy (non-hydrogen) atoms. The zero-order chi connectivity index (χ0) is 20.1. The second-order valence-corrected chi connectivity index (χ2v) is 6.79. The summed E-state index contributed by atoms with van der Waals surface area (Å²) in [6.07, 6.45) is -2.70. The van der Waals surface area contributed by atoms with Crippen molar-refractivity contribution >= 4 is 11.8 Å². The molecule has 0 saturated heterocycles. The molecule has 3 rings (SSSR count). The first kappa shape index (κ1) is 20.0. The van der Waals surface area contributed by atoms with E-state index in [1.165, 1.54) is 23.9 Å². The minimum absolute atomic E-state index is 0.122. The number of halogens is 3. The van der Waals surface area contributed by atoms with Gasteiger partial charge in [0.1, 0.15) is 5.75 Å². The number of hydrogen-bond acceptors (Lipinski definition) is 4. The highest BCUT2D eigenvalue weighted by atomic mass is 32.2. The second-order valence-electron chi connectivity index (χ2n) is 5.85. The van der Waals surface area contributed by atoms with E-state index in [2.05, 4.69) is 16.8 Å². The number of rotatable bonds is 7. The van der Waals surface area contributed by atoms with E-state index in [-0.39, 0.29) is 11.3 Å². The molecule has 8 heteroatoms. The highest BCUT2D eigenvalue weighted by molar-refractivity contribution is 7.98. The van der Waals surface area contributed by atoms with Gasteiger partial charge in [-0.05, 0) is 23.8 Å². The average Bonchev–Trinajstić information content (AvgIpc) is 3.08. The van der Waals surface area contributed by atoms with Gasteiger partial charge in [-0.3, -0.25) is 4.57 Å². The zero-order valence-electron chi connectivity index (χ0n) is 15.1. The molecule has 4 nitrogen and oxygen atoms in total. The molecule has 0 aliphatic rings. The molecule has 0 amide bonds. The van der Waals surface area contributed by atoms with Crippen LogP contribution in [-0.2, 0) is 18.5 Å². The summed E-state index contributed by atoms with van der Waals surface area (Å²) in [6.45, 7) is 4.17. The summed E-state index contributed by atoms with van der Waals surface area (Å²) in [4.78, 5) is 0. The first-order valence-electron chi connectivity index (χ1n) is 8.41. The van der Waals surface area contributed by atoms with Gasteiger partial charge in [-0.1, -0.05) is 48.2 Å². The summed E-state index contributed by atoms with van der Waals surface area (Å²) in [6, 6.07) is 12.9. The Morgan fingerprint density at radius 1 is 1.11 bits per heavy atom. The minimum atomic E-state index is -4.39. The van der Waals surface area contributed by atoms with Gasteiger partial charge in [0.25, 0.3) is 0 Å². The van der Waals surface area contributed by atoms with Crippen molar-refractivity contribution < 1.29 is 17.9 Å². The number of nitrogens with zero attached hydrogens (tertiary/aromatic N) is 3. The fraction of sp³-hybridized carbons (Fsp3) is 0.200. The largest absolute Gasteiger partial charge is 0.496 e. The monoisotopic (exact) mass is 405 g/mol. The Morgan fingerprint density at radius 3 is 2.54 bits per heavy atom. The lowest BCUT2D eigenvalue weighted by Gasteiger charge is -2.13. The van der Waals surface area contributed by atoms with Gasteiger partial charge < -0.3 is 4.74 Å². The van der Waals surface area contributed by atoms with Crippen LogP contribution in [0.2, 0.25) is 0 Å². The summed E-state index contributed by atoms with van der Waals surface area (Å²) < 4.78 is 46.8. The number of ether oxygens (including phenoxy) is 1. The van der Waals surface area contributed by atoms with Crippen LogP contribution in [-0.4, -0.2) is 21.9 Å². The van der Waals surface area contributed by atoms with Gasteiger partial charge in [0.05, 0.1) is 18.2 Å². The minimum Gasteiger partial charge on any atom is -0.496 e. The lowest BCUT2D eigenvalue weighted by atomic mass is 10.1. The van der Waals surface area contributed by atoms with Crippen LogP contribution in [0.5, 0.6) is 5.75 Å². The van der Waals surface area contributed by atoms with E-state index >= 15 is 0 Å². The van der Waals surface area contributed by atoms with Crippen molar-refractivity contribution in [3.05, 3.63) is 72.3 Å². The molecule has 146 valence electrons. The standard InChI is InChI=1S/C20H18F3N3OS/c1-3-12-26-18(15-9-5-7-11-17(15)27-2)24-25-19(26)28-13-14-8-4-6-10-16(14)20(21,22)23/h3-11H,1,12-13H2,2H3. The third-order valence-corrected chi connectivity index (χ3v) is 5.07. The van der Waals surface area contributed by atoms with Crippen LogP contribution in [0.4, 0.5) is 13.2 Å². The van der Waals surface area contributed by atoms with Crippen LogP contribution < -0.4 is 4.74 Å². The molecule has 0 N–H and O–H groups in total. The van der Waals surface area contributed by atoms with Crippen LogP contribution >= 0.6 is 11.8 Å². The Balaban J connectivity index is 1.93. The second kappa shape index (κ2) is 8.52. The molecule has 2 aromatic carbocycles. The van der Waals surface area contributed by atoms with Gasteiger partial charge in [-0.15, -0.1) is 16.8 Å². The summed E-state index contributed by atoms with van der Waals surface area (Å²) in [7, 11) is 1.57. The molecule has 0 aliphatic carbocycles. The molecule has 1 aromatic heterocycles. The maximum atomic E-state index is 13.2. The first-order chi connectivity index (χ1) is 13.5. The molecular formula is C20H18F3N3OS. The smallest absolute Gasteiger partial charge is 0.416 e. The Hall–Kier alpha value is -2.74. The quantitative estimate of drug-likeness (QED) is 0.387. The van der Waals surface area contributed by atoms with Crippen LogP contribution in [0, 0.1) is 0 Å². The van der Waals surface area contributed by atoms with Crippen molar-refractivity contribution in [1.29, 1.82) is 0 Å². The number of methoxy groups -OCH3 is 1. The number of hydrogen-bond donors (Lipinski definition) is 0. The number of allylic oxidation sites excluding steroid dienone is 1. The molecular weight excluding hydrogens is 387 g/mol. The van der Waals surface area contributed by atoms with Gasteiger partial charge >= 0.3 is 6.18 Å². The SMILES string of the molecule is C=CCn1c(SCc2ccccc2C(F)(F)F)nnc1-c1ccccc1OC. The summed E-state index contributed by atoms with van der Waals surface area (Å²) in [5.74, 6) is 1.33. The predicted octanol–water partition coefficient (Wildman–Crippen LogP) is 5.45. The molecule has 0 unspecified atom stereocenters. The van der Waals surface area contributed by atoms with E-state index in [0.29, 0.717) is 23.3 Å². The highest BCUT2D eigenvalue weighted by Gasteiger charge is 2.33. The molecule has 0 aliphatic heterocycles. The van der Waals surface area contributed by atoms with Crippen molar-refractivity contribution in [3.63, 3.8) is 0 Å². The van der Waals surface area contributed by atoms with E-state index in [1.807, 2.05) is 28.8 Å². The Morgan fingerprint density at radius 2 is 1.82 bits per heavy atom. The average molecular weight is 405 g/mol. The third-order valence-electron chi connectivity index (χ3n) is 4.06. The van der Waals surface area contributed by atoms with Crippen LogP contribution in [0.15, 0.2) is 66.3 Å². The summed E-state index contributed by atoms with van der Waals surface area (Å²) in [5, 5.41) is 8.94. The molecule has 0 bridgehead atoms. The molecule has 3 aromatic rings. The van der Waals surface area contributed by atoms with Crippen molar-refractivity contribution in [2.75, 3.05) is 7.11 Å². The Bertz CT molecular complexity index is 969. The van der Waals surface area contributed by atoms with E-state index in [4.69, 9.17) is 4.74 Å². The van der Waals surface area contributed by atoms with Crippen LogP contribution in [0.25, 0.3) is 11.4 Å². The first-order valence-corrected chi connectivity index (χ1v) is 9.39. The van der Waals surface area contributed by atoms with Gasteiger partial charge in [-0.2, -0.15) is 13.2 Å².